The summed E-state index contributed by atoms with van der Waals surface area (Å²) in [5, 5.41) is 3.24. The molecule has 2 aromatic carbocycles. The van der Waals surface area contributed by atoms with E-state index < -0.39 is 23.1 Å². The molecule has 1 amide bonds. The Hall–Kier alpha value is -4.90. The van der Waals surface area contributed by atoms with E-state index in [2.05, 4.69) is 20.3 Å². The number of carbonyl (C=O) groups is 1. The number of aromatic nitrogens is 4. The third-order valence-corrected chi connectivity index (χ3v) is 6.48. The van der Waals surface area contributed by atoms with Crippen molar-refractivity contribution in [2.24, 2.45) is 0 Å². The number of amides is 1. The fraction of sp³-hybridized carbons (Fsp3) is 0. The Morgan fingerprint density at radius 1 is 1.00 bits per heavy atom. The van der Waals surface area contributed by atoms with Gasteiger partial charge in [0.15, 0.2) is 11.6 Å². The molecular weight excluding hydrogens is 500 g/mol. The van der Waals surface area contributed by atoms with Crippen molar-refractivity contribution in [3.05, 3.63) is 106 Å². The van der Waals surface area contributed by atoms with E-state index in [0.29, 0.717) is 32.8 Å². The van der Waals surface area contributed by atoms with Crippen LogP contribution in [0.1, 0.15) is 10.4 Å². The van der Waals surface area contributed by atoms with Crippen molar-refractivity contribution in [2.75, 3.05) is 5.32 Å². The Morgan fingerprint density at radius 2 is 1.84 bits per heavy atom. The molecule has 2 N–H and O–H groups in total. The van der Waals surface area contributed by atoms with Gasteiger partial charge in [0.2, 0.25) is 0 Å². The number of aromatic amines is 1. The maximum absolute atomic E-state index is 14.9. The summed E-state index contributed by atoms with van der Waals surface area (Å²) < 4.78 is 35.3. The summed E-state index contributed by atoms with van der Waals surface area (Å²) in [6.07, 6.45) is 3.24. The molecule has 0 atom stereocenters. The Balaban J connectivity index is 1.30. The van der Waals surface area contributed by atoms with E-state index in [1.807, 2.05) is 0 Å². The Kier molecular flexibility index (Phi) is 5.46. The number of fused-ring (bicyclic) bond motifs is 2. The zero-order valence-corrected chi connectivity index (χ0v) is 19.6. The lowest BCUT2D eigenvalue weighted by Gasteiger charge is -2.12. The molecule has 182 valence electrons. The fourth-order valence-corrected chi connectivity index (χ4v) is 4.71. The van der Waals surface area contributed by atoms with Crippen LogP contribution in [0.25, 0.3) is 27.1 Å². The molecule has 0 saturated carbocycles. The molecule has 0 aliphatic rings. The Labute approximate surface area is 210 Å². The predicted molar refractivity (Wildman–Crippen MR) is 136 cm³/mol. The number of anilines is 1. The van der Waals surface area contributed by atoms with Crippen molar-refractivity contribution < 1.29 is 18.3 Å². The molecule has 0 aliphatic carbocycles. The van der Waals surface area contributed by atoms with Crippen LogP contribution in [-0.4, -0.2) is 25.4 Å². The van der Waals surface area contributed by atoms with Crippen LogP contribution >= 0.6 is 11.3 Å². The van der Waals surface area contributed by atoms with Crippen LogP contribution in [-0.2, 0) is 0 Å². The number of thiazole rings is 1. The van der Waals surface area contributed by atoms with E-state index in [1.54, 1.807) is 30.0 Å². The number of H-pyrrole nitrogens is 1. The molecule has 8 nitrogen and oxygen atoms in total. The minimum atomic E-state index is -0.744. The lowest BCUT2D eigenvalue weighted by molar-refractivity contribution is 0.102. The number of rotatable bonds is 5. The van der Waals surface area contributed by atoms with Crippen LogP contribution in [0.4, 0.5) is 14.5 Å². The molecule has 0 unspecified atom stereocenters. The highest BCUT2D eigenvalue weighted by Crippen LogP contribution is 2.31. The highest BCUT2D eigenvalue weighted by molar-refractivity contribution is 7.16. The van der Waals surface area contributed by atoms with E-state index >= 15 is 0 Å². The first-order chi connectivity index (χ1) is 18.0. The zero-order valence-electron chi connectivity index (χ0n) is 18.7. The van der Waals surface area contributed by atoms with E-state index in [9.17, 15) is 18.4 Å². The number of benzene rings is 2. The van der Waals surface area contributed by atoms with Crippen LogP contribution < -0.4 is 15.6 Å². The topological polar surface area (TPSA) is 102 Å². The van der Waals surface area contributed by atoms with E-state index in [1.165, 1.54) is 58.4 Å². The number of hydrogen-bond donors (Lipinski definition) is 2. The molecule has 4 aromatic heterocycles. The van der Waals surface area contributed by atoms with Gasteiger partial charge in [-0.25, -0.2) is 18.7 Å². The SMILES string of the molecule is O=C(Nc1ccc(Oc2ccnc3[nH]ccc23)c(F)c1)c1cc2ncsc2n(-c2ccc(F)cc2)c1=O. The summed E-state index contributed by atoms with van der Waals surface area (Å²) in [5.41, 5.74) is 2.26. The molecule has 0 aliphatic heterocycles. The quantitative estimate of drug-likeness (QED) is 0.309. The number of nitrogens with zero attached hydrogens (tertiary/aromatic N) is 3. The van der Waals surface area contributed by atoms with Gasteiger partial charge in [-0.1, -0.05) is 0 Å². The second-order valence-corrected chi connectivity index (χ2v) is 8.80. The van der Waals surface area contributed by atoms with Gasteiger partial charge < -0.3 is 15.0 Å². The van der Waals surface area contributed by atoms with E-state index in [0.717, 1.165) is 6.07 Å². The number of ether oxygens (including phenoxy) is 1. The van der Waals surface area contributed by atoms with Gasteiger partial charge in [-0.3, -0.25) is 14.2 Å². The average Bonchev–Trinajstić information content (AvgIpc) is 3.56. The maximum Gasteiger partial charge on any atom is 0.269 e. The minimum Gasteiger partial charge on any atom is -0.453 e. The maximum atomic E-state index is 14.9. The highest BCUT2D eigenvalue weighted by Gasteiger charge is 2.19. The first-order valence-corrected chi connectivity index (χ1v) is 11.8. The van der Waals surface area contributed by atoms with Crippen LogP contribution in [0.3, 0.4) is 0 Å². The molecule has 4 heterocycles. The van der Waals surface area contributed by atoms with Crippen molar-refractivity contribution in [3.63, 3.8) is 0 Å². The first kappa shape index (κ1) is 22.6. The van der Waals surface area contributed by atoms with Gasteiger partial charge in [0, 0.05) is 24.1 Å². The van der Waals surface area contributed by atoms with Crippen molar-refractivity contribution >= 4 is 44.3 Å². The van der Waals surface area contributed by atoms with Gasteiger partial charge in [-0.15, -0.1) is 11.3 Å². The summed E-state index contributed by atoms with van der Waals surface area (Å²) in [5.74, 6) is -1.54. The average molecular weight is 516 g/mol. The summed E-state index contributed by atoms with van der Waals surface area (Å²) in [7, 11) is 0. The normalized spacial score (nSPS) is 11.2. The summed E-state index contributed by atoms with van der Waals surface area (Å²) >= 11 is 1.21. The number of halogens is 2. The fourth-order valence-electron chi connectivity index (χ4n) is 3.92. The molecule has 6 rings (SSSR count). The van der Waals surface area contributed by atoms with Gasteiger partial charge in [-0.05, 0) is 54.6 Å². The summed E-state index contributed by atoms with van der Waals surface area (Å²) in [4.78, 5) is 38.2. The molecule has 0 fully saturated rings. The molecule has 6 aromatic rings. The summed E-state index contributed by atoms with van der Waals surface area (Å²) in [6.45, 7) is 0. The third-order valence-electron chi connectivity index (χ3n) is 5.65. The van der Waals surface area contributed by atoms with Gasteiger partial charge in [0.1, 0.15) is 27.6 Å². The second kappa shape index (κ2) is 8.95. The molecule has 0 bridgehead atoms. The van der Waals surface area contributed by atoms with Crippen molar-refractivity contribution in [1.82, 2.24) is 19.5 Å². The Bertz CT molecular complexity index is 1860. The van der Waals surface area contributed by atoms with Crippen LogP contribution in [0, 0.1) is 11.6 Å². The predicted octanol–water partition coefficient (Wildman–Crippen LogP) is 5.65. The number of carbonyl (C=O) groups excluding carboxylic acids is 1. The van der Waals surface area contributed by atoms with Gasteiger partial charge in [-0.2, -0.15) is 0 Å². The molecule has 11 heteroatoms. The van der Waals surface area contributed by atoms with E-state index in [4.69, 9.17) is 4.74 Å². The summed E-state index contributed by atoms with van der Waals surface area (Å²) in [6, 6.07) is 14.0. The number of nitrogens with one attached hydrogen (secondary N) is 2. The van der Waals surface area contributed by atoms with E-state index in [-0.39, 0.29) is 17.0 Å². The van der Waals surface area contributed by atoms with Crippen molar-refractivity contribution in [2.45, 2.75) is 0 Å². The standard InChI is InChI=1S/C26H15F2N5O3S/c27-14-1-4-16(5-2-14)33-25(35)18(12-20-26(33)37-13-31-20)24(34)32-15-3-6-22(19(28)11-15)36-21-8-10-30-23-17(21)7-9-29-23/h1-13H,(H,29,30)(H,32,34). The van der Waals surface area contributed by atoms with Crippen LogP contribution in [0.2, 0.25) is 0 Å². The Morgan fingerprint density at radius 3 is 2.65 bits per heavy atom. The lowest BCUT2D eigenvalue weighted by atomic mass is 10.2. The van der Waals surface area contributed by atoms with Gasteiger partial charge >= 0.3 is 0 Å². The van der Waals surface area contributed by atoms with Gasteiger partial charge in [0.05, 0.1) is 22.1 Å². The largest absolute Gasteiger partial charge is 0.453 e. The molecule has 0 spiro atoms. The molecule has 37 heavy (non-hydrogen) atoms. The van der Waals surface area contributed by atoms with Gasteiger partial charge in [0.25, 0.3) is 11.5 Å². The van der Waals surface area contributed by atoms with Crippen LogP contribution in [0.5, 0.6) is 11.5 Å². The number of pyridine rings is 2. The zero-order chi connectivity index (χ0) is 25.5. The molecule has 0 radical (unpaired) electrons. The minimum absolute atomic E-state index is 0.0470. The van der Waals surface area contributed by atoms with Crippen molar-refractivity contribution in [3.8, 4) is 17.2 Å². The second-order valence-electron chi connectivity index (χ2n) is 7.97. The monoisotopic (exact) mass is 515 g/mol. The lowest BCUT2D eigenvalue weighted by Crippen LogP contribution is -2.28. The third kappa shape index (κ3) is 4.10. The molecule has 0 saturated heterocycles. The van der Waals surface area contributed by atoms with Crippen LogP contribution in [0.15, 0.2) is 83.4 Å². The highest BCUT2D eigenvalue weighted by atomic mass is 32.1. The smallest absolute Gasteiger partial charge is 0.269 e. The van der Waals surface area contributed by atoms with Crippen molar-refractivity contribution in [1.29, 1.82) is 0 Å². The first-order valence-electron chi connectivity index (χ1n) is 10.9. The number of hydrogen-bond acceptors (Lipinski definition) is 6. The molecular formula is C26H15F2N5O3S.